The molecule has 134 valence electrons. The molecule has 0 unspecified atom stereocenters. The van der Waals surface area contributed by atoms with Crippen LogP contribution in [0.1, 0.15) is 6.92 Å². The van der Waals surface area contributed by atoms with Crippen molar-refractivity contribution in [3.05, 3.63) is 40.9 Å². The largest absolute Gasteiger partial charge is 0.494 e. The highest BCUT2D eigenvalue weighted by Crippen LogP contribution is 2.35. The van der Waals surface area contributed by atoms with Crippen LogP contribution in [0.4, 0.5) is 21.3 Å². The van der Waals surface area contributed by atoms with Crippen LogP contribution in [0.25, 0.3) is 10.2 Å². The molecule has 26 heavy (non-hydrogen) atoms. The third-order valence-corrected chi connectivity index (χ3v) is 4.95. The summed E-state index contributed by atoms with van der Waals surface area (Å²) in [6.45, 7) is 1.42. The van der Waals surface area contributed by atoms with E-state index < -0.39 is 0 Å². The Hall–Kier alpha value is -2.65. The van der Waals surface area contributed by atoms with Gasteiger partial charge in [-0.3, -0.25) is 4.79 Å². The van der Waals surface area contributed by atoms with E-state index in [2.05, 4.69) is 36.9 Å². The molecule has 0 aliphatic rings. The number of rotatable bonds is 4. The molecule has 3 N–H and O–H groups in total. The number of hydrogen-bond donors (Lipinski definition) is 3. The van der Waals surface area contributed by atoms with E-state index in [4.69, 9.17) is 4.74 Å². The highest BCUT2D eigenvalue weighted by atomic mass is 79.9. The maximum absolute atomic E-state index is 12.3. The molecule has 0 fully saturated rings. The van der Waals surface area contributed by atoms with Crippen molar-refractivity contribution >= 4 is 65.9 Å². The molecule has 3 rings (SSSR count). The minimum atomic E-state index is -0.384. The van der Waals surface area contributed by atoms with Crippen LogP contribution in [0.5, 0.6) is 5.75 Å². The van der Waals surface area contributed by atoms with Gasteiger partial charge in [0.25, 0.3) is 0 Å². The molecule has 1 heterocycles. The fraction of sp³-hybridized carbons (Fsp3) is 0.118. The molecule has 0 spiro atoms. The predicted molar refractivity (Wildman–Crippen MR) is 107 cm³/mol. The van der Waals surface area contributed by atoms with Crippen LogP contribution in [0, 0.1) is 0 Å². The number of nitrogens with one attached hydrogen (secondary N) is 3. The van der Waals surface area contributed by atoms with E-state index in [1.54, 1.807) is 18.2 Å². The second kappa shape index (κ2) is 7.71. The normalized spacial score (nSPS) is 10.4. The van der Waals surface area contributed by atoms with Gasteiger partial charge in [0.2, 0.25) is 5.91 Å². The van der Waals surface area contributed by atoms with Gasteiger partial charge in [0.1, 0.15) is 11.3 Å². The van der Waals surface area contributed by atoms with E-state index >= 15 is 0 Å². The molecule has 0 saturated carbocycles. The molecule has 0 aliphatic heterocycles. The summed E-state index contributed by atoms with van der Waals surface area (Å²) in [6.07, 6.45) is 0. The number of anilines is 3. The monoisotopic (exact) mass is 434 g/mol. The highest BCUT2D eigenvalue weighted by Gasteiger charge is 2.13. The number of halogens is 1. The number of para-hydroxylation sites is 1. The Morgan fingerprint density at radius 3 is 2.62 bits per heavy atom. The highest BCUT2D eigenvalue weighted by molar-refractivity contribution is 9.10. The number of hydrogen-bond acceptors (Lipinski definition) is 5. The lowest BCUT2D eigenvalue weighted by Gasteiger charge is -2.10. The fourth-order valence-electron chi connectivity index (χ4n) is 2.28. The average molecular weight is 435 g/mol. The Balaban J connectivity index is 1.84. The van der Waals surface area contributed by atoms with Gasteiger partial charge in [-0.25, -0.2) is 9.78 Å². The average Bonchev–Trinajstić information content (AvgIpc) is 2.97. The number of nitrogens with zero attached hydrogens (tertiary/aromatic N) is 1. The van der Waals surface area contributed by atoms with Gasteiger partial charge in [-0.1, -0.05) is 23.5 Å². The number of fused-ring (bicyclic) bond motifs is 1. The SMILES string of the molecule is COc1cc(NC(=O)Nc2ccccc2Br)cc2sc(NC(C)=O)nc12. The van der Waals surface area contributed by atoms with Crippen molar-refractivity contribution in [3.8, 4) is 5.75 Å². The first kappa shape index (κ1) is 18.2. The zero-order valence-corrected chi connectivity index (χ0v) is 16.3. The van der Waals surface area contributed by atoms with Gasteiger partial charge in [-0.05, 0) is 34.1 Å². The standard InChI is InChI=1S/C17H15BrN4O3S/c1-9(23)19-17-22-15-13(25-2)7-10(8-14(15)26-17)20-16(24)21-12-6-4-3-5-11(12)18/h3-8H,1-2H3,(H,19,22,23)(H2,20,21,24). The lowest BCUT2D eigenvalue weighted by molar-refractivity contribution is -0.114. The summed E-state index contributed by atoms with van der Waals surface area (Å²) in [5, 5.41) is 8.67. The first-order valence-electron chi connectivity index (χ1n) is 7.55. The Kier molecular flexibility index (Phi) is 5.38. The molecule has 0 saturated heterocycles. The lowest BCUT2D eigenvalue weighted by Crippen LogP contribution is -2.19. The molecule has 0 radical (unpaired) electrons. The molecular weight excluding hydrogens is 420 g/mol. The third kappa shape index (κ3) is 4.12. The number of carbonyl (C=O) groups excluding carboxylic acids is 2. The number of aromatic nitrogens is 1. The van der Waals surface area contributed by atoms with Gasteiger partial charge in [-0.2, -0.15) is 0 Å². The van der Waals surface area contributed by atoms with E-state index in [0.29, 0.717) is 27.8 Å². The van der Waals surface area contributed by atoms with Gasteiger partial charge >= 0.3 is 6.03 Å². The van der Waals surface area contributed by atoms with Crippen LogP contribution in [-0.2, 0) is 4.79 Å². The zero-order chi connectivity index (χ0) is 18.7. The van der Waals surface area contributed by atoms with Crippen molar-refractivity contribution in [1.29, 1.82) is 0 Å². The van der Waals surface area contributed by atoms with E-state index in [1.165, 1.54) is 25.4 Å². The van der Waals surface area contributed by atoms with Gasteiger partial charge < -0.3 is 20.7 Å². The number of thiazole rings is 1. The summed E-state index contributed by atoms with van der Waals surface area (Å²) in [4.78, 5) is 27.8. The van der Waals surface area contributed by atoms with Crippen LogP contribution >= 0.6 is 27.3 Å². The Morgan fingerprint density at radius 1 is 1.15 bits per heavy atom. The molecule has 0 aliphatic carbocycles. The molecule has 9 heteroatoms. The maximum atomic E-state index is 12.3. The number of methoxy groups -OCH3 is 1. The maximum Gasteiger partial charge on any atom is 0.323 e. The molecule has 3 aromatic rings. The topological polar surface area (TPSA) is 92.4 Å². The molecule has 0 bridgehead atoms. The Labute approximate surface area is 161 Å². The molecule has 7 nitrogen and oxygen atoms in total. The van der Waals surface area contributed by atoms with Crippen molar-refractivity contribution in [3.63, 3.8) is 0 Å². The minimum Gasteiger partial charge on any atom is -0.494 e. The number of carbonyl (C=O) groups is 2. The van der Waals surface area contributed by atoms with Crippen LogP contribution in [0.3, 0.4) is 0 Å². The Bertz CT molecular complexity index is 989. The second-order valence-electron chi connectivity index (χ2n) is 5.28. The second-order valence-corrected chi connectivity index (χ2v) is 7.17. The van der Waals surface area contributed by atoms with Crippen LogP contribution < -0.4 is 20.7 Å². The van der Waals surface area contributed by atoms with Crippen LogP contribution in [0.2, 0.25) is 0 Å². The van der Waals surface area contributed by atoms with Gasteiger partial charge in [0, 0.05) is 23.2 Å². The van der Waals surface area contributed by atoms with E-state index in [0.717, 1.165) is 9.17 Å². The van der Waals surface area contributed by atoms with E-state index in [1.807, 2.05) is 18.2 Å². The quantitative estimate of drug-likeness (QED) is 0.556. The fourth-order valence-corrected chi connectivity index (χ4v) is 3.63. The first-order valence-corrected chi connectivity index (χ1v) is 9.16. The van der Waals surface area contributed by atoms with Gasteiger partial charge in [-0.15, -0.1) is 0 Å². The third-order valence-electron chi connectivity index (χ3n) is 3.34. The predicted octanol–water partition coefficient (Wildman–Crippen LogP) is 4.67. The number of amides is 3. The number of urea groups is 1. The smallest absolute Gasteiger partial charge is 0.323 e. The zero-order valence-electron chi connectivity index (χ0n) is 13.9. The molecule has 2 aromatic carbocycles. The van der Waals surface area contributed by atoms with Crippen molar-refractivity contribution in [2.24, 2.45) is 0 Å². The summed E-state index contributed by atoms with van der Waals surface area (Å²) in [6, 6.07) is 10.4. The van der Waals surface area contributed by atoms with Crippen molar-refractivity contribution in [2.45, 2.75) is 6.92 Å². The van der Waals surface area contributed by atoms with E-state index in [-0.39, 0.29) is 11.9 Å². The summed E-state index contributed by atoms with van der Waals surface area (Å²) in [7, 11) is 1.52. The van der Waals surface area contributed by atoms with Crippen LogP contribution in [-0.4, -0.2) is 24.0 Å². The Morgan fingerprint density at radius 2 is 1.92 bits per heavy atom. The van der Waals surface area contributed by atoms with Crippen molar-refractivity contribution in [2.75, 3.05) is 23.1 Å². The summed E-state index contributed by atoms with van der Waals surface area (Å²) in [5.41, 5.74) is 1.83. The van der Waals surface area contributed by atoms with Crippen LogP contribution in [0.15, 0.2) is 40.9 Å². The summed E-state index contributed by atoms with van der Waals surface area (Å²) in [5.74, 6) is 0.306. The van der Waals surface area contributed by atoms with Crippen molar-refractivity contribution in [1.82, 2.24) is 4.98 Å². The molecule has 3 amide bonds. The van der Waals surface area contributed by atoms with E-state index in [9.17, 15) is 9.59 Å². The van der Waals surface area contributed by atoms with Crippen molar-refractivity contribution < 1.29 is 14.3 Å². The van der Waals surface area contributed by atoms with Gasteiger partial charge in [0.15, 0.2) is 5.13 Å². The molecule has 0 atom stereocenters. The lowest BCUT2D eigenvalue weighted by atomic mass is 10.2. The summed E-state index contributed by atoms with van der Waals surface area (Å²) >= 11 is 4.68. The number of benzene rings is 2. The van der Waals surface area contributed by atoms with Gasteiger partial charge in [0.05, 0.1) is 17.5 Å². The minimum absolute atomic E-state index is 0.200. The molecular formula is C17H15BrN4O3S. The molecule has 1 aromatic heterocycles. The number of ether oxygens (including phenoxy) is 1. The summed E-state index contributed by atoms with van der Waals surface area (Å²) < 4.78 is 6.92. The first-order chi connectivity index (χ1) is 12.5.